The highest BCUT2D eigenvalue weighted by Gasteiger charge is 2.32. The monoisotopic (exact) mass is 260 g/mol. The number of hydrogen-bond donors (Lipinski definition) is 1. The molecule has 0 amide bonds. The molecule has 1 unspecified atom stereocenters. The van der Waals surface area contributed by atoms with Crippen molar-refractivity contribution in [2.75, 3.05) is 7.11 Å². The highest BCUT2D eigenvalue weighted by atomic mass is 19.1. The molecule has 0 fully saturated rings. The van der Waals surface area contributed by atoms with E-state index in [9.17, 15) is 9.50 Å². The first-order valence-electron chi connectivity index (χ1n) is 6.23. The third-order valence-corrected chi connectivity index (χ3v) is 3.37. The van der Waals surface area contributed by atoms with Crippen LogP contribution in [0, 0.1) is 5.82 Å². The fraction of sp³-hybridized carbons (Fsp3) is 0.250. The van der Waals surface area contributed by atoms with Crippen LogP contribution in [0.3, 0.4) is 0 Å². The van der Waals surface area contributed by atoms with Crippen molar-refractivity contribution in [3.63, 3.8) is 0 Å². The van der Waals surface area contributed by atoms with E-state index in [0.717, 1.165) is 5.56 Å². The molecule has 0 heterocycles. The molecule has 2 rings (SSSR count). The van der Waals surface area contributed by atoms with Crippen LogP contribution in [-0.2, 0) is 5.60 Å². The summed E-state index contributed by atoms with van der Waals surface area (Å²) in [5.41, 5.74) is -0.0839. The molecular formula is C16H17FO2. The fourth-order valence-electron chi connectivity index (χ4n) is 2.27. The molecular weight excluding hydrogens is 243 g/mol. The van der Waals surface area contributed by atoms with E-state index >= 15 is 0 Å². The number of hydrogen-bond acceptors (Lipinski definition) is 2. The Hall–Kier alpha value is -1.87. The van der Waals surface area contributed by atoms with Crippen molar-refractivity contribution in [3.8, 4) is 5.75 Å². The van der Waals surface area contributed by atoms with Gasteiger partial charge in [-0.05, 0) is 30.2 Å². The molecule has 2 aromatic rings. The lowest BCUT2D eigenvalue weighted by Gasteiger charge is -2.29. The van der Waals surface area contributed by atoms with Gasteiger partial charge in [-0.15, -0.1) is 0 Å². The second kappa shape index (κ2) is 5.41. The maximum absolute atomic E-state index is 13.5. The van der Waals surface area contributed by atoms with Gasteiger partial charge in [0.05, 0.1) is 7.11 Å². The average Bonchev–Trinajstić information content (AvgIpc) is 2.47. The van der Waals surface area contributed by atoms with Gasteiger partial charge in [-0.1, -0.05) is 37.3 Å². The molecule has 0 spiro atoms. The lowest BCUT2D eigenvalue weighted by Crippen LogP contribution is -2.27. The topological polar surface area (TPSA) is 29.5 Å². The van der Waals surface area contributed by atoms with Crippen LogP contribution in [0.2, 0.25) is 0 Å². The van der Waals surface area contributed by atoms with Crippen molar-refractivity contribution in [2.24, 2.45) is 0 Å². The molecule has 0 aliphatic rings. The Morgan fingerprint density at radius 2 is 1.84 bits per heavy atom. The quantitative estimate of drug-likeness (QED) is 0.912. The van der Waals surface area contributed by atoms with Crippen LogP contribution in [-0.4, -0.2) is 12.2 Å². The van der Waals surface area contributed by atoms with E-state index in [0.29, 0.717) is 17.7 Å². The van der Waals surface area contributed by atoms with Gasteiger partial charge in [-0.2, -0.15) is 0 Å². The molecule has 0 radical (unpaired) electrons. The summed E-state index contributed by atoms with van der Waals surface area (Å²) in [7, 11) is 1.51. The van der Waals surface area contributed by atoms with Gasteiger partial charge in [-0.25, -0.2) is 4.39 Å². The van der Waals surface area contributed by atoms with E-state index in [1.807, 2.05) is 37.3 Å². The summed E-state index contributed by atoms with van der Waals surface area (Å²) in [6.45, 7) is 1.86. The molecule has 19 heavy (non-hydrogen) atoms. The zero-order valence-corrected chi connectivity index (χ0v) is 11.1. The summed E-state index contributed by atoms with van der Waals surface area (Å²) in [6, 6.07) is 13.4. The number of ether oxygens (including phenoxy) is 1. The molecule has 0 saturated heterocycles. The lowest BCUT2D eigenvalue weighted by molar-refractivity contribution is 0.0733. The van der Waals surface area contributed by atoms with E-state index < -0.39 is 11.4 Å². The Morgan fingerprint density at radius 1 is 1.16 bits per heavy atom. The van der Waals surface area contributed by atoms with Gasteiger partial charge in [0.1, 0.15) is 17.2 Å². The summed E-state index contributed by atoms with van der Waals surface area (Å²) >= 11 is 0. The molecule has 2 aromatic carbocycles. The van der Waals surface area contributed by atoms with Gasteiger partial charge in [0.15, 0.2) is 0 Å². The summed E-state index contributed by atoms with van der Waals surface area (Å²) in [4.78, 5) is 0. The number of halogens is 1. The molecule has 0 aromatic heterocycles. The third kappa shape index (κ3) is 2.47. The van der Waals surface area contributed by atoms with Crippen molar-refractivity contribution < 1.29 is 14.2 Å². The fourth-order valence-corrected chi connectivity index (χ4v) is 2.27. The van der Waals surface area contributed by atoms with Crippen molar-refractivity contribution >= 4 is 0 Å². The van der Waals surface area contributed by atoms with Gasteiger partial charge >= 0.3 is 0 Å². The first-order chi connectivity index (χ1) is 9.11. The molecule has 0 saturated carbocycles. The molecule has 3 heteroatoms. The van der Waals surface area contributed by atoms with E-state index in [2.05, 4.69) is 0 Å². The standard InChI is InChI=1S/C16H17FO2/c1-3-16(18,12-7-5-4-6-8-12)14-11-13(17)9-10-15(14)19-2/h4-11,18H,3H2,1-2H3. The van der Waals surface area contributed by atoms with E-state index in [4.69, 9.17) is 4.74 Å². The lowest BCUT2D eigenvalue weighted by atomic mass is 9.83. The van der Waals surface area contributed by atoms with Crippen molar-refractivity contribution in [1.82, 2.24) is 0 Å². The predicted octanol–water partition coefficient (Wildman–Crippen LogP) is 3.48. The molecule has 1 atom stereocenters. The largest absolute Gasteiger partial charge is 0.496 e. The van der Waals surface area contributed by atoms with Crippen molar-refractivity contribution in [2.45, 2.75) is 18.9 Å². The average molecular weight is 260 g/mol. The maximum Gasteiger partial charge on any atom is 0.125 e. The van der Waals surface area contributed by atoms with Crippen LogP contribution in [0.4, 0.5) is 4.39 Å². The van der Waals surface area contributed by atoms with Crippen LogP contribution in [0.25, 0.3) is 0 Å². The number of rotatable bonds is 4. The zero-order chi connectivity index (χ0) is 13.9. The van der Waals surface area contributed by atoms with Crippen LogP contribution < -0.4 is 4.74 Å². The Kier molecular flexibility index (Phi) is 3.86. The molecule has 100 valence electrons. The minimum Gasteiger partial charge on any atom is -0.496 e. The first kappa shape index (κ1) is 13.6. The highest BCUT2D eigenvalue weighted by molar-refractivity contribution is 5.44. The molecule has 0 aliphatic carbocycles. The normalized spacial score (nSPS) is 13.9. The smallest absolute Gasteiger partial charge is 0.125 e. The number of aliphatic hydroxyl groups is 1. The molecule has 0 aliphatic heterocycles. The Morgan fingerprint density at radius 3 is 2.42 bits per heavy atom. The first-order valence-corrected chi connectivity index (χ1v) is 6.23. The van der Waals surface area contributed by atoms with Gasteiger partial charge in [0, 0.05) is 5.56 Å². The number of benzene rings is 2. The Balaban J connectivity index is 2.62. The van der Waals surface area contributed by atoms with Gasteiger partial charge in [0.2, 0.25) is 0 Å². The minimum absolute atomic E-state index is 0.390. The zero-order valence-electron chi connectivity index (χ0n) is 11.1. The molecule has 0 bridgehead atoms. The van der Waals surface area contributed by atoms with Gasteiger partial charge in [0.25, 0.3) is 0 Å². The van der Waals surface area contributed by atoms with Crippen molar-refractivity contribution in [1.29, 1.82) is 0 Å². The van der Waals surface area contributed by atoms with Gasteiger partial charge in [-0.3, -0.25) is 0 Å². The highest BCUT2D eigenvalue weighted by Crippen LogP contribution is 2.38. The van der Waals surface area contributed by atoms with Crippen LogP contribution in [0.15, 0.2) is 48.5 Å². The Labute approximate surface area is 112 Å². The summed E-state index contributed by atoms with van der Waals surface area (Å²) < 4.78 is 18.7. The SMILES string of the molecule is CCC(O)(c1ccccc1)c1cc(F)ccc1OC. The number of methoxy groups -OCH3 is 1. The van der Waals surface area contributed by atoms with Crippen molar-refractivity contribution in [3.05, 3.63) is 65.5 Å². The summed E-state index contributed by atoms with van der Waals surface area (Å²) in [5.74, 6) is 0.0909. The van der Waals surface area contributed by atoms with Crippen LogP contribution >= 0.6 is 0 Å². The predicted molar refractivity (Wildman–Crippen MR) is 72.7 cm³/mol. The summed E-state index contributed by atoms with van der Waals surface area (Å²) in [5, 5.41) is 11.0. The van der Waals surface area contributed by atoms with Gasteiger partial charge < -0.3 is 9.84 Å². The van der Waals surface area contributed by atoms with E-state index in [1.54, 1.807) is 0 Å². The van der Waals surface area contributed by atoms with Crippen LogP contribution in [0.5, 0.6) is 5.75 Å². The second-order valence-electron chi connectivity index (χ2n) is 4.42. The molecule has 2 nitrogen and oxygen atoms in total. The van der Waals surface area contributed by atoms with E-state index in [1.165, 1.54) is 25.3 Å². The molecule has 1 N–H and O–H groups in total. The summed E-state index contributed by atoms with van der Waals surface area (Å²) in [6.07, 6.45) is 0.427. The minimum atomic E-state index is -1.26. The van der Waals surface area contributed by atoms with E-state index in [-0.39, 0.29) is 0 Å². The second-order valence-corrected chi connectivity index (χ2v) is 4.42. The third-order valence-electron chi connectivity index (χ3n) is 3.37. The van der Waals surface area contributed by atoms with Crippen LogP contribution in [0.1, 0.15) is 24.5 Å². The Bertz CT molecular complexity index is 554. The maximum atomic E-state index is 13.5.